The van der Waals surface area contributed by atoms with Gasteiger partial charge in [-0.05, 0) is 99.1 Å². The molecule has 10 aromatic carbocycles. The minimum atomic E-state index is -3.36. The molecule has 0 fully saturated rings. The Bertz CT molecular complexity index is 3970. The minimum absolute atomic E-state index is 0.764. The lowest BCUT2D eigenvalue weighted by molar-refractivity contribution is 0.590. The number of para-hydroxylation sites is 5. The smallest absolute Gasteiger partial charge is 0.171 e. The summed E-state index contributed by atoms with van der Waals surface area (Å²) in [6, 6.07) is 85.1. The molecule has 0 N–H and O–H groups in total. The van der Waals surface area contributed by atoms with E-state index in [1.165, 1.54) is 60.3 Å². The van der Waals surface area contributed by atoms with Gasteiger partial charge in [0.2, 0.25) is 0 Å². The number of rotatable bonds is 4. The van der Waals surface area contributed by atoms with Crippen LogP contribution in [-0.2, 0) is 9.98 Å². The van der Waals surface area contributed by atoms with E-state index in [9.17, 15) is 0 Å². The summed E-state index contributed by atoms with van der Waals surface area (Å²) in [5, 5.41) is 7.56. The number of hydrogen-bond acceptors (Lipinski definition) is 1. The Labute approximate surface area is 376 Å². The molecule has 0 aliphatic carbocycles. The van der Waals surface area contributed by atoms with E-state index < -0.39 is 12.6 Å². The van der Waals surface area contributed by atoms with Crippen LogP contribution < -0.4 is 15.9 Å². The van der Waals surface area contributed by atoms with Crippen molar-refractivity contribution in [3.63, 3.8) is 0 Å². The number of benzene rings is 10. The summed E-state index contributed by atoms with van der Waals surface area (Å²) >= 11 is 0. The fourth-order valence-electron chi connectivity index (χ4n) is 11.7. The molecule has 12 aromatic rings. The first kappa shape index (κ1) is 36.5. The lowest BCUT2D eigenvalue weighted by atomic mass is 9.62. The van der Waals surface area contributed by atoms with Crippen LogP contribution in [0.5, 0.6) is 0 Å². The Morgan fingerprint density at radius 2 is 0.862 bits per heavy atom. The molecule has 2 unspecified atom stereocenters. The Morgan fingerprint density at radius 1 is 0.338 bits per heavy atom. The molecule has 65 heavy (non-hydrogen) atoms. The number of aromatic nitrogens is 2. The van der Waals surface area contributed by atoms with Crippen molar-refractivity contribution < 1.29 is 4.57 Å². The van der Waals surface area contributed by atoms with Crippen LogP contribution in [0.3, 0.4) is 0 Å². The van der Waals surface area contributed by atoms with E-state index in [-0.39, 0.29) is 0 Å². The van der Waals surface area contributed by atoms with Crippen molar-refractivity contribution in [3.05, 3.63) is 259 Å². The Balaban J connectivity index is 0.996. The lowest BCUT2D eigenvalue weighted by Gasteiger charge is -2.47. The molecule has 0 amide bonds. The van der Waals surface area contributed by atoms with Gasteiger partial charge in [0.1, 0.15) is 0 Å². The van der Waals surface area contributed by atoms with Crippen LogP contribution in [0.2, 0.25) is 0 Å². The van der Waals surface area contributed by atoms with Gasteiger partial charge in [0.05, 0.1) is 33.2 Å². The van der Waals surface area contributed by atoms with Gasteiger partial charge in [0, 0.05) is 43.1 Å². The van der Waals surface area contributed by atoms with E-state index in [0.717, 1.165) is 55.1 Å². The monoisotopic (exact) mass is 846 g/mol. The highest BCUT2D eigenvalue weighted by Gasteiger charge is 2.54. The summed E-state index contributed by atoms with van der Waals surface area (Å²) in [6.45, 7) is 0. The Hall–Kier alpha value is -7.97. The average Bonchev–Trinajstić information content (AvgIpc) is 3.90. The molecular weight excluding hydrogens is 808 g/mol. The van der Waals surface area contributed by atoms with Crippen LogP contribution in [-0.4, -0.2) is 9.13 Å². The first-order chi connectivity index (χ1) is 32.1. The summed E-state index contributed by atoms with van der Waals surface area (Å²) in [5.74, 6) is 0. The molecule has 4 heterocycles. The zero-order valence-electron chi connectivity index (χ0n) is 35.3. The van der Waals surface area contributed by atoms with Gasteiger partial charge in [-0.2, -0.15) is 0 Å². The molecular formula is C61H39N2OP. The van der Waals surface area contributed by atoms with Gasteiger partial charge in [-0.1, -0.05) is 182 Å². The zero-order chi connectivity index (χ0) is 42.9. The molecule has 0 saturated carbocycles. The second-order valence-corrected chi connectivity index (χ2v) is 20.2. The maximum atomic E-state index is 16.5. The molecule has 2 aromatic heterocycles. The van der Waals surface area contributed by atoms with E-state index in [2.05, 4.69) is 228 Å². The van der Waals surface area contributed by atoms with Crippen molar-refractivity contribution in [2.24, 2.45) is 0 Å². The van der Waals surface area contributed by atoms with Crippen molar-refractivity contribution in [2.75, 3.05) is 0 Å². The van der Waals surface area contributed by atoms with Gasteiger partial charge in [-0.25, -0.2) is 0 Å². The van der Waals surface area contributed by atoms with Crippen LogP contribution >= 0.6 is 7.14 Å². The molecule has 4 heteroatoms. The summed E-state index contributed by atoms with van der Waals surface area (Å²) in [6.07, 6.45) is 0. The molecule has 1 spiro atoms. The largest absolute Gasteiger partial charge is 0.309 e. The molecule has 0 saturated heterocycles. The molecule has 304 valence electrons. The summed E-state index contributed by atoms with van der Waals surface area (Å²) in [4.78, 5) is 0. The van der Waals surface area contributed by atoms with E-state index in [0.29, 0.717) is 0 Å². The van der Waals surface area contributed by atoms with Crippen LogP contribution in [0, 0.1) is 0 Å². The molecule has 2 aliphatic heterocycles. The second-order valence-electron chi connectivity index (χ2n) is 17.5. The average molecular weight is 847 g/mol. The van der Waals surface area contributed by atoms with Crippen molar-refractivity contribution in [1.29, 1.82) is 0 Å². The predicted molar refractivity (Wildman–Crippen MR) is 271 cm³/mol. The highest BCUT2D eigenvalue weighted by molar-refractivity contribution is 7.85. The van der Waals surface area contributed by atoms with Crippen molar-refractivity contribution >= 4 is 66.7 Å². The third-order valence-corrected chi connectivity index (χ3v) is 17.6. The topological polar surface area (TPSA) is 26.9 Å². The van der Waals surface area contributed by atoms with E-state index >= 15 is 4.57 Å². The maximum absolute atomic E-state index is 16.5. The van der Waals surface area contributed by atoms with Gasteiger partial charge in [-0.15, -0.1) is 0 Å². The summed E-state index contributed by atoms with van der Waals surface area (Å²) in [5.41, 5.74) is 15.4. The second kappa shape index (κ2) is 13.5. The highest BCUT2D eigenvalue weighted by atomic mass is 31.2. The quantitative estimate of drug-likeness (QED) is 0.162. The third kappa shape index (κ3) is 4.83. The number of nitrogens with zero attached hydrogens (tertiary/aromatic N) is 2. The summed E-state index contributed by atoms with van der Waals surface area (Å²) in [7, 11) is -3.36. The van der Waals surface area contributed by atoms with Crippen LogP contribution in [0.15, 0.2) is 237 Å². The standard InChI is InChI=1S/C61H39N2OP/c64-65(45-18-5-2-6-19-45)58-29-14-10-24-51(58)61(50-23-9-13-28-57(50)63-55-27-12-7-20-46(55)48-22-15-25-52(61)60(48)63)53-39-43(35-37-59(53)65)41-32-30-40(31-33-41)42-34-36-56-49(38-42)47-21-8-11-26-54(47)62(56)44-16-3-1-4-17-44/h1-39H. The van der Waals surface area contributed by atoms with E-state index in [1.807, 2.05) is 18.2 Å². The number of fused-ring (bicyclic) bond motifs is 14. The molecule has 2 aliphatic rings. The molecule has 0 radical (unpaired) electrons. The maximum Gasteiger partial charge on any atom is 0.171 e. The first-order valence-corrected chi connectivity index (χ1v) is 24.1. The SMILES string of the molecule is O=P1(c2ccccc2)c2ccccc2C2(c3ccccc3-n3c4ccccc4c4cccc2c43)c2cc(-c3ccc(-c4ccc5c(c4)c4ccccc4n5-c4ccccc4)cc3)ccc21. The van der Waals surface area contributed by atoms with E-state index in [4.69, 9.17) is 0 Å². The zero-order valence-corrected chi connectivity index (χ0v) is 36.2. The van der Waals surface area contributed by atoms with Crippen LogP contribution in [0.25, 0.3) is 77.2 Å². The molecule has 2 atom stereocenters. The highest BCUT2D eigenvalue weighted by Crippen LogP contribution is 2.61. The lowest BCUT2D eigenvalue weighted by Crippen LogP contribution is -2.48. The molecule has 0 bridgehead atoms. The van der Waals surface area contributed by atoms with Crippen LogP contribution in [0.4, 0.5) is 0 Å². The Morgan fingerprint density at radius 3 is 1.63 bits per heavy atom. The number of hydrogen-bond donors (Lipinski definition) is 0. The summed E-state index contributed by atoms with van der Waals surface area (Å²) < 4.78 is 21.4. The minimum Gasteiger partial charge on any atom is -0.309 e. The fraction of sp³-hybridized carbons (Fsp3) is 0.0164. The van der Waals surface area contributed by atoms with Crippen molar-refractivity contribution in [1.82, 2.24) is 9.13 Å². The van der Waals surface area contributed by atoms with Gasteiger partial charge in [-0.3, -0.25) is 0 Å². The predicted octanol–water partition coefficient (Wildman–Crippen LogP) is 13.9. The van der Waals surface area contributed by atoms with E-state index in [1.54, 1.807) is 0 Å². The first-order valence-electron chi connectivity index (χ1n) is 22.4. The third-order valence-electron chi connectivity index (χ3n) is 14.4. The Kier molecular flexibility index (Phi) is 7.59. The van der Waals surface area contributed by atoms with Crippen LogP contribution in [0.1, 0.15) is 22.3 Å². The molecule has 3 nitrogen and oxygen atoms in total. The van der Waals surface area contributed by atoms with Gasteiger partial charge >= 0.3 is 0 Å². The fourth-order valence-corrected chi connectivity index (χ4v) is 14.8. The van der Waals surface area contributed by atoms with Crippen molar-refractivity contribution in [3.8, 4) is 33.6 Å². The normalized spacial score (nSPS) is 17.1. The van der Waals surface area contributed by atoms with Gasteiger partial charge in [0.15, 0.2) is 7.14 Å². The van der Waals surface area contributed by atoms with Gasteiger partial charge in [0.25, 0.3) is 0 Å². The van der Waals surface area contributed by atoms with Crippen molar-refractivity contribution in [2.45, 2.75) is 5.41 Å². The van der Waals surface area contributed by atoms with Gasteiger partial charge < -0.3 is 13.7 Å². The molecule has 14 rings (SSSR count).